The van der Waals surface area contributed by atoms with E-state index in [1.165, 1.54) is 38.5 Å². The fraction of sp³-hybridized carbons (Fsp3) is 1.00. The molecule has 2 rings (SSSR count). The smallest absolute Gasteiger partial charge is 0.0593 e. The number of hydrogen-bond donors (Lipinski definition) is 1. The summed E-state index contributed by atoms with van der Waals surface area (Å²) >= 11 is 0. The molecular weight excluding hydrogens is 212 g/mol. The summed E-state index contributed by atoms with van der Waals surface area (Å²) in [6.07, 6.45) is 8.21. The van der Waals surface area contributed by atoms with E-state index in [0.29, 0.717) is 12.1 Å². The van der Waals surface area contributed by atoms with Gasteiger partial charge in [-0.15, -0.1) is 0 Å². The number of hydrogen-bond acceptors (Lipinski definition) is 3. The summed E-state index contributed by atoms with van der Waals surface area (Å²) in [4.78, 5) is 2.49. The predicted octanol–water partition coefficient (Wildman–Crippen LogP) is 1.88. The van der Waals surface area contributed by atoms with Crippen LogP contribution in [0, 0.1) is 5.92 Å². The van der Waals surface area contributed by atoms with Gasteiger partial charge in [-0.2, -0.15) is 0 Å². The molecule has 2 fully saturated rings. The monoisotopic (exact) mass is 240 g/mol. The van der Waals surface area contributed by atoms with Gasteiger partial charge in [0.15, 0.2) is 0 Å². The van der Waals surface area contributed by atoms with Crippen molar-refractivity contribution < 1.29 is 4.74 Å². The molecule has 0 spiro atoms. The van der Waals surface area contributed by atoms with Crippen LogP contribution in [0.25, 0.3) is 0 Å². The highest BCUT2D eigenvalue weighted by Gasteiger charge is 2.27. The van der Waals surface area contributed by atoms with Crippen LogP contribution in [0.4, 0.5) is 0 Å². The number of rotatable bonds is 7. The van der Waals surface area contributed by atoms with Crippen molar-refractivity contribution in [3.63, 3.8) is 0 Å². The first-order chi connectivity index (χ1) is 8.31. The lowest BCUT2D eigenvalue weighted by molar-refractivity contribution is 0.0753. The molecule has 3 nitrogen and oxygen atoms in total. The van der Waals surface area contributed by atoms with Crippen LogP contribution in [0.15, 0.2) is 0 Å². The Balaban J connectivity index is 1.63. The summed E-state index contributed by atoms with van der Waals surface area (Å²) in [5, 5.41) is 3.47. The van der Waals surface area contributed by atoms with Crippen LogP contribution in [0.5, 0.6) is 0 Å². The van der Waals surface area contributed by atoms with E-state index in [4.69, 9.17) is 4.74 Å². The first kappa shape index (κ1) is 13.3. The third-order valence-electron chi connectivity index (χ3n) is 4.31. The van der Waals surface area contributed by atoms with Crippen LogP contribution in [0.2, 0.25) is 0 Å². The fourth-order valence-electron chi connectivity index (χ4n) is 2.88. The van der Waals surface area contributed by atoms with Crippen LogP contribution in [0.1, 0.15) is 38.5 Å². The topological polar surface area (TPSA) is 24.5 Å². The summed E-state index contributed by atoms with van der Waals surface area (Å²) in [5.74, 6) is 0.889. The number of ether oxygens (including phenoxy) is 1. The normalized spacial score (nSPS) is 29.8. The van der Waals surface area contributed by atoms with Crippen molar-refractivity contribution in [3.8, 4) is 0 Å². The van der Waals surface area contributed by atoms with Crippen LogP contribution in [-0.4, -0.2) is 50.8 Å². The Morgan fingerprint density at radius 3 is 2.65 bits per heavy atom. The van der Waals surface area contributed by atoms with Crippen molar-refractivity contribution >= 4 is 0 Å². The number of nitrogens with zero attached hydrogens (tertiary/aromatic N) is 1. The van der Waals surface area contributed by atoms with Gasteiger partial charge in [-0.05, 0) is 45.7 Å². The summed E-state index contributed by atoms with van der Waals surface area (Å²) in [6.45, 7) is 2.98. The fourth-order valence-corrected chi connectivity index (χ4v) is 2.88. The Kier molecular flexibility index (Phi) is 5.26. The second kappa shape index (κ2) is 6.72. The molecule has 0 aromatic rings. The number of likely N-dealkylation sites (N-methyl/N-ethyl adjacent to an activating group) is 2. The lowest BCUT2D eigenvalue weighted by atomic mass is 9.89. The van der Waals surface area contributed by atoms with E-state index >= 15 is 0 Å². The molecule has 100 valence electrons. The van der Waals surface area contributed by atoms with Crippen molar-refractivity contribution in [3.05, 3.63) is 0 Å². The first-order valence-electron chi connectivity index (χ1n) is 7.26. The van der Waals surface area contributed by atoms with Gasteiger partial charge >= 0.3 is 0 Å². The molecular formula is C14H28N2O. The second-order valence-electron chi connectivity index (χ2n) is 5.75. The highest BCUT2D eigenvalue weighted by atomic mass is 16.5. The summed E-state index contributed by atoms with van der Waals surface area (Å²) in [6, 6.07) is 1.38. The molecule has 2 saturated carbocycles. The largest absolute Gasteiger partial charge is 0.380 e. The third-order valence-corrected chi connectivity index (χ3v) is 4.31. The van der Waals surface area contributed by atoms with Crippen LogP contribution in [0.3, 0.4) is 0 Å². The zero-order valence-electron chi connectivity index (χ0n) is 11.5. The molecule has 3 heteroatoms. The van der Waals surface area contributed by atoms with Gasteiger partial charge in [0.1, 0.15) is 0 Å². The summed E-state index contributed by atoms with van der Waals surface area (Å²) in [7, 11) is 4.35. The van der Waals surface area contributed by atoms with Gasteiger partial charge < -0.3 is 10.1 Å². The molecule has 2 aliphatic carbocycles. The van der Waals surface area contributed by atoms with Gasteiger partial charge in [-0.3, -0.25) is 4.90 Å². The van der Waals surface area contributed by atoms with Crippen LogP contribution < -0.4 is 5.32 Å². The molecule has 0 bridgehead atoms. The summed E-state index contributed by atoms with van der Waals surface area (Å²) < 4.78 is 5.73. The molecule has 2 aliphatic rings. The van der Waals surface area contributed by atoms with E-state index in [2.05, 4.69) is 24.3 Å². The molecule has 0 aliphatic heterocycles. The molecule has 0 amide bonds. The van der Waals surface area contributed by atoms with Gasteiger partial charge in [0.2, 0.25) is 0 Å². The van der Waals surface area contributed by atoms with E-state index in [1.54, 1.807) is 0 Å². The van der Waals surface area contributed by atoms with Gasteiger partial charge in [-0.1, -0.05) is 12.8 Å². The van der Waals surface area contributed by atoms with Crippen LogP contribution in [-0.2, 0) is 4.74 Å². The summed E-state index contributed by atoms with van der Waals surface area (Å²) in [5.41, 5.74) is 0. The van der Waals surface area contributed by atoms with E-state index in [0.717, 1.165) is 25.7 Å². The quantitative estimate of drug-likeness (QED) is 0.688. The highest BCUT2D eigenvalue weighted by Crippen LogP contribution is 2.28. The molecule has 0 aromatic heterocycles. The predicted molar refractivity (Wildman–Crippen MR) is 71.3 cm³/mol. The Hall–Kier alpha value is -0.120. The SMILES string of the molecule is CNC1CCCCC1N(C)CCOCC1CC1. The lowest BCUT2D eigenvalue weighted by Crippen LogP contribution is -2.50. The molecule has 0 heterocycles. The van der Waals surface area contributed by atoms with Crippen molar-refractivity contribution in [2.45, 2.75) is 50.6 Å². The second-order valence-corrected chi connectivity index (χ2v) is 5.75. The Morgan fingerprint density at radius 1 is 1.18 bits per heavy atom. The average molecular weight is 240 g/mol. The zero-order chi connectivity index (χ0) is 12.1. The maximum absolute atomic E-state index is 5.73. The number of nitrogens with one attached hydrogen (secondary N) is 1. The van der Waals surface area contributed by atoms with E-state index in [9.17, 15) is 0 Å². The lowest BCUT2D eigenvalue weighted by Gasteiger charge is -2.37. The van der Waals surface area contributed by atoms with Crippen molar-refractivity contribution in [1.29, 1.82) is 0 Å². The van der Waals surface area contributed by atoms with E-state index in [-0.39, 0.29) is 0 Å². The van der Waals surface area contributed by atoms with E-state index in [1.807, 2.05) is 0 Å². The maximum atomic E-state index is 5.73. The van der Waals surface area contributed by atoms with Crippen molar-refractivity contribution in [1.82, 2.24) is 10.2 Å². The van der Waals surface area contributed by atoms with E-state index < -0.39 is 0 Å². The Morgan fingerprint density at radius 2 is 1.94 bits per heavy atom. The zero-order valence-corrected chi connectivity index (χ0v) is 11.5. The molecule has 0 radical (unpaired) electrons. The van der Waals surface area contributed by atoms with Crippen LogP contribution >= 0.6 is 0 Å². The minimum atomic E-state index is 0.678. The molecule has 1 N–H and O–H groups in total. The van der Waals surface area contributed by atoms with Gasteiger partial charge in [0.05, 0.1) is 6.61 Å². The molecule has 0 aromatic carbocycles. The Labute approximate surface area is 106 Å². The van der Waals surface area contributed by atoms with Crippen molar-refractivity contribution in [2.24, 2.45) is 5.92 Å². The molecule has 2 unspecified atom stereocenters. The van der Waals surface area contributed by atoms with Gasteiger partial charge in [0.25, 0.3) is 0 Å². The standard InChI is InChI=1S/C14H28N2O/c1-15-13-5-3-4-6-14(13)16(2)9-10-17-11-12-7-8-12/h12-15H,3-11H2,1-2H3. The molecule has 17 heavy (non-hydrogen) atoms. The highest BCUT2D eigenvalue weighted by molar-refractivity contribution is 4.86. The van der Waals surface area contributed by atoms with Crippen molar-refractivity contribution in [2.75, 3.05) is 33.9 Å². The third kappa shape index (κ3) is 4.23. The molecule has 0 saturated heterocycles. The van der Waals surface area contributed by atoms with Gasteiger partial charge in [0, 0.05) is 25.2 Å². The Bertz CT molecular complexity index is 218. The van der Waals surface area contributed by atoms with Gasteiger partial charge in [-0.25, -0.2) is 0 Å². The first-order valence-corrected chi connectivity index (χ1v) is 7.26. The molecule has 2 atom stereocenters. The maximum Gasteiger partial charge on any atom is 0.0593 e. The minimum Gasteiger partial charge on any atom is -0.380 e. The minimum absolute atomic E-state index is 0.678. The average Bonchev–Trinajstić information content (AvgIpc) is 3.18.